The molecule has 2 aromatic heterocycles. The van der Waals surface area contributed by atoms with Crippen LogP contribution in [0.3, 0.4) is 0 Å². The van der Waals surface area contributed by atoms with E-state index in [0.29, 0.717) is 24.2 Å². The van der Waals surface area contributed by atoms with E-state index in [1.54, 1.807) is 6.20 Å². The van der Waals surface area contributed by atoms with Crippen LogP contribution in [0.5, 0.6) is 6.01 Å². The van der Waals surface area contributed by atoms with Gasteiger partial charge >= 0.3 is 6.01 Å². The molecular weight excluding hydrogens is 546 g/mol. The number of aromatic nitrogens is 3. The molecule has 0 unspecified atom stereocenters. The van der Waals surface area contributed by atoms with E-state index in [9.17, 15) is 4.39 Å². The van der Waals surface area contributed by atoms with E-state index in [1.807, 2.05) is 50.4 Å². The fourth-order valence-electron chi connectivity index (χ4n) is 7.79. The normalized spacial score (nSPS) is 23.2. The predicted molar refractivity (Wildman–Crippen MR) is 167 cm³/mol. The summed E-state index contributed by atoms with van der Waals surface area (Å²) in [4.78, 5) is 20.8. The molecule has 0 bridgehead atoms. The van der Waals surface area contributed by atoms with Crippen LogP contribution in [0.1, 0.15) is 44.1 Å². The van der Waals surface area contributed by atoms with Gasteiger partial charge in [0.15, 0.2) is 5.82 Å². The topological polar surface area (TPSA) is 57.6 Å². The van der Waals surface area contributed by atoms with Crippen LogP contribution in [-0.2, 0) is 0 Å². The van der Waals surface area contributed by atoms with Gasteiger partial charge in [0.2, 0.25) is 0 Å². The maximum absolute atomic E-state index is 16.7. The second kappa shape index (κ2) is 10.6. The number of anilines is 1. The van der Waals surface area contributed by atoms with Crippen LogP contribution in [0.25, 0.3) is 32.9 Å². The molecule has 1 aliphatic carbocycles. The molecule has 0 spiro atoms. The first-order chi connectivity index (χ1) is 20.7. The van der Waals surface area contributed by atoms with Crippen LogP contribution in [-0.4, -0.2) is 89.4 Å². The molecule has 0 amide bonds. The lowest BCUT2D eigenvalue weighted by Crippen LogP contribution is -2.56. The third kappa shape index (κ3) is 4.72. The molecule has 0 radical (unpaired) electrons. The van der Waals surface area contributed by atoms with E-state index in [1.165, 1.54) is 6.42 Å². The minimum Gasteiger partial charge on any atom is -0.461 e. The highest BCUT2D eigenvalue weighted by Crippen LogP contribution is 2.42. The molecule has 0 N–H and O–H groups in total. The van der Waals surface area contributed by atoms with Gasteiger partial charge in [-0.25, -0.2) is 8.78 Å². The summed E-state index contributed by atoms with van der Waals surface area (Å²) in [6, 6.07) is 12.1. The van der Waals surface area contributed by atoms with E-state index < -0.39 is 12.0 Å². The SMILES string of the molecule is Cc1cccc2cccc(-c3ncc4c(N(C)CC5(N(C)C)CCC5)nc(OC[C@@]56CCCN5C[C@H](F)C6)nc4c3F)c12. The Bertz CT molecular complexity index is 1690. The number of hydrogen-bond donors (Lipinski definition) is 0. The molecule has 43 heavy (non-hydrogen) atoms. The number of fused-ring (bicyclic) bond motifs is 3. The van der Waals surface area contributed by atoms with Crippen molar-refractivity contribution in [3.05, 3.63) is 54.0 Å². The van der Waals surface area contributed by atoms with E-state index >= 15 is 4.39 Å². The third-order valence-corrected chi connectivity index (χ3v) is 10.4. The summed E-state index contributed by atoms with van der Waals surface area (Å²) >= 11 is 0. The molecule has 226 valence electrons. The standard InChI is InChI=1S/C34H40F2N6O/c1-22-9-5-10-23-11-6-12-25(27(22)23)29-28(36)30-26(18-37-29)31(41(4)20-33(40(2)3)13-7-14-33)39-32(38-30)43-21-34-15-8-16-42(34)19-24(35)17-34/h5-6,9-12,18,24H,7-8,13-17,19-21H2,1-4H3/t24-,34+/m1/s1. The zero-order valence-electron chi connectivity index (χ0n) is 25.5. The number of pyridine rings is 1. The Hall–Kier alpha value is -3.43. The Balaban J connectivity index is 1.33. The average molecular weight is 587 g/mol. The zero-order valence-corrected chi connectivity index (χ0v) is 25.5. The number of likely N-dealkylation sites (N-methyl/N-ethyl adjacent to an activating group) is 2. The summed E-state index contributed by atoms with van der Waals surface area (Å²) in [6.45, 7) is 4.36. The van der Waals surface area contributed by atoms with Gasteiger partial charge in [0, 0.05) is 43.9 Å². The zero-order chi connectivity index (χ0) is 29.9. The fraction of sp³-hybridized carbons (Fsp3) is 0.500. The van der Waals surface area contributed by atoms with Crippen molar-refractivity contribution >= 4 is 27.5 Å². The van der Waals surface area contributed by atoms with Crippen LogP contribution in [0.2, 0.25) is 0 Å². The highest BCUT2D eigenvalue weighted by atomic mass is 19.1. The number of benzene rings is 2. The fourth-order valence-corrected chi connectivity index (χ4v) is 7.79. The molecular formula is C34H40F2N6O. The Kier molecular flexibility index (Phi) is 7.01. The number of nitrogens with zero attached hydrogens (tertiary/aromatic N) is 6. The van der Waals surface area contributed by atoms with Crippen molar-refractivity contribution in [3.63, 3.8) is 0 Å². The van der Waals surface area contributed by atoms with Crippen molar-refractivity contribution in [2.45, 2.75) is 62.7 Å². The van der Waals surface area contributed by atoms with Gasteiger partial charge in [0.05, 0.1) is 10.9 Å². The molecule has 9 heteroatoms. The van der Waals surface area contributed by atoms with E-state index in [2.05, 4.69) is 38.8 Å². The monoisotopic (exact) mass is 586 g/mol. The Morgan fingerprint density at radius 3 is 2.58 bits per heavy atom. The van der Waals surface area contributed by atoms with Crippen molar-refractivity contribution < 1.29 is 13.5 Å². The van der Waals surface area contributed by atoms with E-state index in [4.69, 9.17) is 9.72 Å². The predicted octanol–water partition coefficient (Wildman–Crippen LogP) is 6.17. The first kappa shape index (κ1) is 28.3. The first-order valence-electron chi connectivity index (χ1n) is 15.5. The molecule has 4 aromatic rings. The summed E-state index contributed by atoms with van der Waals surface area (Å²) in [5, 5.41) is 2.55. The molecule has 2 saturated heterocycles. The first-order valence-corrected chi connectivity index (χ1v) is 15.5. The second-order valence-electron chi connectivity index (χ2n) is 13.2. The van der Waals surface area contributed by atoms with Crippen LogP contribution >= 0.6 is 0 Å². The number of hydrogen-bond acceptors (Lipinski definition) is 7. The molecule has 7 rings (SSSR count). The number of alkyl halides is 1. The smallest absolute Gasteiger partial charge is 0.319 e. The largest absolute Gasteiger partial charge is 0.461 e. The van der Waals surface area contributed by atoms with Crippen molar-refractivity contribution in [2.75, 3.05) is 52.3 Å². The number of ether oxygens (including phenoxy) is 1. The summed E-state index contributed by atoms with van der Waals surface area (Å²) in [6.07, 6.45) is 6.55. The van der Waals surface area contributed by atoms with E-state index in [-0.39, 0.29) is 34.9 Å². The van der Waals surface area contributed by atoms with Crippen LogP contribution in [0.15, 0.2) is 42.6 Å². The highest BCUT2D eigenvalue weighted by molar-refractivity contribution is 6.00. The average Bonchev–Trinajstić information content (AvgIpc) is 3.49. The number of rotatable bonds is 8. The van der Waals surface area contributed by atoms with Gasteiger partial charge in [-0.1, -0.05) is 36.4 Å². The highest BCUT2D eigenvalue weighted by Gasteiger charge is 2.49. The summed E-state index contributed by atoms with van der Waals surface area (Å²) < 4.78 is 37.4. The summed E-state index contributed by atoms with van der Waals surface area (Å²) in [7, 11) is 6.23. The quantitative estimate of drug-likeness (QED) is 0.245. The van der Waals surface area contributed by atoms with Gasteiger partial charge in [-0.05, 0) is 76.0 Å². The van der Waals surface area contributed by atoms with Crippen molar-refractivity contribution in [1.82, 2.24) is 24.8 Å². The molecule has 3 aliphatic rings. The van der Waals surface area contributed by atoms with Gasteiger partial charge < -0.3 is 14.5 Å². The maximum atomic E-state index is 16.7. The lowest BCUT2D eigenvalue weighted by Gasteiger charge is -2.49. The molecule has 2 atom stereocenters. The summed E-state index contributed by atoms with van der Waals surface area (Å²) in [5.74, 6) is 0.0993. The lowest BCUT2D eigenvalue weighted by molar-refractivity contribution is 0.0681. The molecule has 2 aliphatic heterocycles. The van der Waals surface area contributed by atoms with Crippen molar-refractivity contribution in [1.29, 1.82) is 0 Å². The molecule has 4 heterocycles. The second-order valence-corrected chi connectivity index (χ2v) is 13.2. The minimum atomic E-state index is -0.858. The van der Waals surface area contributed by atoms with Crippen LogP contribution in [0.4, 0.5) is 14.6 Å². The Morgan fingerprint density at radius 2 is 1.84 bits per heavy atom. The van der Waals surface area contributed by atoms with Gasteiger partial charge in [-0.15, -0.1) is 0 Å². The number of aryl methyl sites for hydroxylation is 1. The van der Waals surface area contributed by atoms with Crippen LogP contribution < -0.4 is 9.64 Å². The van der Waals surface area contributed by atoms with E-state index in [0.717, 1.165) is 60.7 Å². The van der Waals surface area contributed by atoms with Gasteiger partial charge in [-0.2, -0.15) is 9.97 Å². The Morgan fingerprint density at radius 1 is 1.05 bits per heavy atom. The molecule has 1 saturated carbocycles. The Labute approximate surface area is 251 Å². The van der Waals surface area contributed by atoms with Gasteiger partial charge in [-0.3, -0.25) is 9.88 Å². The molecule has 2 aromatic carbocycles. The van der Waals surface area contributed by atoms with Crippen molar-refractivity contribution in [2.24, 2.45) is 0 Å². The molecule has 7 nitrogen and oxygen atoms in total. The maximum Gasteiger partial charge on any atom is 0.319 e. The van der Waals surface area contributed by atoms with Crippen molar-refractivity contribution in [3.8, 4) is 17.3 Å². The number of halogens is 2. The molecule has 3 fully saturated rings. The third-order valence-electron chi connectivity index (χ3n) is 10.4. The van der Waals surface area contributed by atoms with Gasteiger partial charge in [0.1, 0.15) is 29.8 Å². The summed E-state index contributed by atoms with van der Waals surface area (Å²) in [5.41, 5.74) is 1.90. The van der Waals surface area contributed by atoms with Gasteiger partial charge in [0.25, 0.3) is 0 Å². The van der Waals surface area contributed by atoms with Crippen LogP contribution in [0, 0.1) is 12.7 Å². The lowest BCUT2D eigenvalue weighted by atomic mass is 9.75. The minimum absolute atomic E-state index is 0.0305.